The molecule has 45 heavy (non-hydrogen) atoms. The van der Waals surface area contributed by atoms with Gasteiger partial charge in [0.15, 0.2) is 0 Å². The van der Waals surface area contributed by atoms with Crippen molar-refractivity contribution in [1.82, 2.24) is 9.13 Å². The number of fused-ring (bicyclic) bond motifs is 9. The zero-order valence-corrected chi connectivity index (χ0v) is 24.3. The highest BCUT2D eigenvalue weighted by molar-refractivity contribution is 6.12. The number of benzene rings is 7. The van der Waals surface area contributed by atoms with Crippen LogP contribution in [0.25, 0.3) is 88.1 Å². The first kappa shape index (κ1) is 24.4. The molecule has 3 heterocycles. The van der Waals surface area contributed by atoms with Crippen molar-refractivity contribution in [2.45, 2.75) is 0 Å². The Morgan fingerprint density at radius 2 is 0.844 bits per heavy atom. The third-order valence-corrected chi connectivity index (χ3v) is 9.31. The van der Waals surface area contributed by atoms with Crippen LogP contribution in [0.5, 0.6) is 0 Å². The van der Waals surface area contributed by atoms with Gasteiger partial charge in [-0.15, -0.1) is 0 Å². The van der Waals surface area contributed by atoms with E-state index in [0.717, 1.165) is 33.3 Å². The lowest BCUT2D eigenvalue weighted by atomic mass is 10.0. The molecule has 210 valence electrons. The maximum absolute atomic E-state index is 6.11. The molecule has 10 rings (SSSR count). The fraction of sp³-hybridized carbons (Fsp3) is 0. The molecule has 0 radical (unpaired) electrons. The predicted molar refractivity (Wildman–Crippen MR) is 188 cm³/mol. The monoisotopic (exact) mass is 574 g/mol. The lowest BCUT2D eigenvalue weighted by Gasteiger charge is -2.12. The van der Waals surface area contributed by atoms with Crippen LogP contribution in [0.15, 0.2) is 162 Å². The summed E-state index contributed by atoms with van der Waals surface area (Å²) in [5.41, 5.74) is 11.3. The van der Waals surface area contributed by atoms with Crippen LogP contribution in [-0.4, -0.2) is 9.13 Å². The summed E-state index contributed by atoms with van der Waals surface area (Å²) in [5.74, 6) is 0. The van der Waals surface area contributed by atoms with Gasteiger partial charge in [0.2, 0.25) is 0 Å². The molecule has 0 bridgehead atoms. The molecule has 0 aliphatic rings. The van der Waals surface area contributed by atoms with Crippen LogP contribution in [0.4, 0.5) is 0 Å². The molecule has 0 amide bonds. The number of rotatable bonds is 3. The SMILES string of the molecule is c1cc(-c2ccc3oc4ccccc4c3c2)cc(-n2c3ccccc3c3ccc(-n4c5ccccc5c5ccccc54)cc32)c1. The topological polar surface area (TPSA) is 23.0 Å². The Labute approximate surface area is 258 Å². The largest absolute Gasteiger partial charge is 0.456 e. The summed E-state index contributed by atoms with van der Waals surface area (Å²) in [6, 6.07) is 56.7. The first-order valence-corrected chi connectivity index (χ1v) is 15.4. The summed E-state index contributed by atoms with van der Waals surface area (Å²) in [7, 11) is 0. The maximum Gasteiger partial charge on any atom is 0.135 e. The smallest absolute Gasteiger partial charge is 0.135 e. The maximum atomic E-state index is 6.11. The first-order valence-electron chi connectivity index (χ1n) is 15.4. The molecule has 3 nitrogen and oxygen atoms in total. The van der Waals surface area contributed by atoms with E-state index in [1.807, 2.05) is 12.1 Å². The quantitative estimate of drug-likeness (QED) is 0.206. The van der Waals surface area contributed by atoms with E-state index < -0.39 is 0 Å². The molecular formula is C42H26N2O. The van der Waals surface area contributed by atoms with Crippen LogP contribution >= 0.6 is 0 Å². The number of aromatic nitrogens is 2. The zero-order valence-electron chi connectivity index (χ0n) is 24.3. The van der Waals surface area contributed by atoms with Crippen molar-refractivity contribution in [3.05, 3.63) is 158 Å². The minimum absolute atomic E-state index is 0.913. The van der Waals surface area contributed by atoms with Gasteiger partial charge >= 0.3 is 0 Å². The van der Waals surface area contributed by atoms with E-state index in [1.54, 1.807) is 0 Å². The highest BCUT2D eigenvalue weighted by atomic mass is 16.3. The third-order valence-electron chi connectivity index (χ3n) is 9.31. The summed E-state index contributed by atoms with van der Waals surface area (Å²) in [6.45, 7) is 0. The van der Waals surface area contributed by atoms with Crippen molar-refractivity contribution in [1.29, 1.82) is 0 Å². The number of hydrogen-bond acceptors (Lipinski definition) is 1. The molecule has 0 N–H and O–H groups in total. The fourth-order valence-electron chi connectivity index (χ4n) is 7.31. The van der Waals surface area contributed by atoms with Gasteiger partial charge in [-0.25, -0.2) is 0 Å². The molecule has 0 saturated heterocycles. The number of nitrogens with zero attached hydrogens (tertiary/aromatic N) is 2. The zero-order chi connectivity index (χ0) is 29.5. The summed E-state index contributed by atoms with van der Waals surface area (Å²) in [6.07, 6.45) is 0. The normalized spacial score (nSPS) is 12.0. The fourth-order valence-corrected chi connectivity index (χ4v) is 7.31. The van der Waals surface area contributed by atoms with Gasteiger partial charge in [-0.1, -0.05) is 97.1 Å². The molecule has 0 saturated carbocycles. The van der Waals surface area contributed by atoms with Crippen molar-refractivity contribution >= 4 is 65.6 Å². The Bertz CT molecular complexity index is 2720. The summed E-state index contributed by atoms with van der Waals surface area (Å²) in [4.78, 5) is 0. The van der Waals surface area contributed by atoms with E-state index in [4.69, 9.17) is 4.42 Å². The minimum Gasteiger partial charge on any atom is -0.456 e. The van der Waals surface area contributed by atoms with Gasteiger partial charge in [-0.3, -0.25) is 0 Å². The van der Waals surface area contributed by atoms with E-state index in [1.165, 1.54) is 54.7 Å². The lowest BCUT2D eigenvalue weighted by Crippen LogP contribution is -1.97. The van der Waals surface area contributed by atoms with Crippen LogP contribution in [0.2, 0.25) is 0 Å². The average Bonchev–Trinajstić information content (AvgIpc) is 3.75. The Morgan fingerprint density at radius 3 is 1.56 bits per heavy atom. The van der Waals surface area contributed by atoms with Gasteiger partial charge in [0.25, 0.3) is 0 Å². The van der Waals surface area contributed by atoms with Gasteiger partial charge in [0.05, 0.1) is 22.1 Å². The van der Waals surface area contributed by atoms with Crippen molar-refractivity contribution in [2.75, 3.05) is 0 Å². The lowest BCUT2D eigenvalue weighted by molar-refractivity contribution is 0.669. The molecule has 3 heteroatoms. The second-order valence-corrected chi connectivity index (χ2v) is 11.8. The average molecular weight is 575 g/mol. The van der Waals surface area contributed by atoms with Crippen molar-refractivity contribution in [3.63, 3.8) is 0 Å². The van der Waals surface area contributed by atoms with Gasteiger partial charge in [-0.05, 0) is 71.8 Å². The van der Waals surface area contributed by atoms with Crippen molar-refractivity contribution in [2.24, 2.45) is 0 Å². The van der Waals surface area contributed by atoms with Gasteiger partial charge < -0.3 is 13.6 Å². The minimum atomic E-state index is 0.913. The Kier molecular flexibility index (Phi) is 5.00. The Morgan fingerprint density at radius 1 is 0.311 bits per heavy atom. The molecule has 0 spiro atoms. The molecule has 7 aromatic carbocycles. The van der Waals surface area contributed by atoms with E-state index in [-0.39, 0.29) is 0 Å². The Hall–Kier alpha value is -6.06. The molecule has 0 aliphatic carbocycles. The summed E-state index contributed by atoms with van der Waals surface area (Å²) >= 11 is 0. The van der Waals surface area contributed by atoms with E-state index in [0.29, 0.717) is 0 Å². The van der Waals surface area contributed by atoms with Crippen LogP contribution in [0, 0.1) is 0 Å². The molecule has 0 atom stereocenters. The van der Waals surface area contributed by atoms with E-state index >= 15 is 0 Å². The van der Waals surface area contributed by atoms with Crippen LogP contribution < -0.4 is 0 Å². The number of hydrogen-bond donors (Lipinski definition) is 0. The highest BCUT2D eigenvalue weighted by Gasteiger charge is 2.17. The molecular weight excluding hydrogens is 548 g/mol. The first-order chi connectivity index (χ1) is 22.3. The molecule has 10 aromatic rings. The molecule has 0 unspecified atom stereocenters. The van der Waals surface area contributed by atoms with Crippen LogP contribution in [-0.2, 0) is 0 Å². The number of furan rings is 1. The second kappa shape index (κ2) is 9.22. The number of para-hydroxylation sites is 4. The van der Waals surface area contributed by atoms with E-state index in [2.05, 4.69) is 155 Å². The summed E-state index contributed by atoms with van der Waals surface area (Å²) < 4.78 is 10.9. The van der Waals surface area contributed by atoms with Crippen molar-refractivity contribution in [3.8, 4) is 22.5 Å². The molecule has 0 aliphatic heterocycles. The standard InChI is InChI=1S/C42H26N2O/c1-5-16-37-31(12-1)32-13-2-6-17-38(32)43(37)30-21-22-34-33-14-3-7-18-39(33)44(40(34)26-30)29-11-9-10-27(24-29)28-20-23-42-36(25-28)35-15-4-8-19-41(35)45-42/h1-26H. The van der Waals surface area contributed by atoms with Crippen LogP contribution in [0.3, 0.4) is 0 Å². The summed E-state index contributed by atoms with van der Waals surface area (Å²) in [5, 5.41) is 7.31. The molecule has 0 fully saturated rings. The second-order valence-electron chi connectivity index (χ2n) is 11.8. The van der Waals surface area contributed by atoms with E-state index in [9.17, 15) is 0 Å². The van der Waals surface area contributed by atoms with Gasteiger partial charge in [-0.2, -0.15) is 0 Å². The molecule has 3 aromatic heterocycles. The predicted octanol–water partition coefficient (Wildman–Crippen LogP) is 11.4. The van der Waals surface area contributed by atoms with Gasteiger partial charge in [0.1, 0.15) is 11.2 Å². The highest BCUT2D eigenvalue weighted by Crippen LogP contribution is 2.38. The van der Waals surface area contributed by atoms with Crippen LogP contribution in [0.1, 0.15) is 0 Å². The van der Waals surface area contributed by atoms with Gasteiger partial charge in [0, 0.05) is 43.7 Å². The third kappa shape index (κ3) is 3.52. The Balaban J connectivity index is 1.21. The van der Waals surface area contributed by atoms with Crippen molar-refractivity contribution < 1.29 is 4.42 Å².